The Bertz CT molecular complexity index is 604. The molecule has 0 N–H and O–H groups in total. The van der Waals surface area contributed by atoms with Gasteiger partial charge in [0.25, 0.3) is 0 Å². The average Bonchev–Trinajstić information content (AvgIpc) is 2.57. The summed E-state index contributed by atoms with van der Waals surface area (Å²) in [5, 5.41) is 2.37. The first kappa shape index (κ1) is 17.7. The van der Waals surface area contributed by atoms with Gasteiger partial charge in [-0.1, -0.05) is 51.7 Å². The van der Waals surface area contributed by atoms with Crippen LogP contribution >= 0.6 is 0 Å². The van der Waals surface area contributed by atoms with Crippen molar-refractivity contribution in [3.63, 3.8) is 0 Å². The Balaban J connectivity index is 2.09. The van der Waals surface area contributed by atoms with Crippen LogP contribution in [0.25, 0.3) is 10.8 Å². The summed E-state index contributed by atoms with van der Waals surface area (Å²) in [7, 11) is 0. The zero-order valence-corrected chi connectivity index (χ0v) is 14.9. The molecule has 0 amide bonds. The Kier molecular flexibility index (Phi) is 7.25. The molecule has 0 aliphatic heterocycles. The smallest absolute Gasteiger partial charge is 0.130 e. The van der Waals surface area contributed by atoms with Crippen LogP contribution in [0, 0.1) is 6.92 Å². The fourth-order valence-electron chi connectivity index (χ4n) is 2.74. The molecule has 2 aromatic carbocycles. The van der Waals surface area contributed by atoms with Crippen LogP contribution in [0.2, 0.25) is 0 Å². The van der Waals surface area contributed by atoms with E-state index in [0.717, 1.165) is 37.6 Å². The first-order valence-corrected chi connectivity index (χ1v) is 9.05. The summed E-state index contributed by atoms with van der Waals surface area (Å²) in [5.74, 6) is 1.98. The minimum absolute atomic E-state index is 0.795. The maximum absolute atomic E-state index is 6.06. The van der Waals surface area contributed by atoms with Crippen molar-refractivity contribution in [1.82, 2.24) is 0 Å². The molecule has 0 unspecified atom stereocenters. The van der Waals surface area contributed by atoms with E-state index in [1.165, 1.54) is 42.0 Å². The van der Waals surface area contributed by atoms with Gasteiger partial charge >= 0.3 is 0 Å². The zero-order valence-electron chi connectivity index (χ0n) is 14.9. The molecule has 0 fully saturated rings. The van der Waals surface area contributed by atoms with Crippen molar-refractivity contribution in [3.05, 3.63) is 35.9 Å². The lowest BCUT2D eigenvalue weighted by Crippen LogP contribution is -2.00. The predicted octanol–water partition coefficient (Wildman–Crippen LogP) is 6.29. The van der Waals surface area contributed by atoms with Crippen LogP contribution in [-0.4, -0.2) is 13.2 Å². The lowest BCUT2D eigenvalue weighted by molar-refractivity contribution is 0.305. The number of benzene rings is 2. The van der Waals surface area contributed by atoms with E-state index < -0.39 is 0 Å². The van der Waals surface area contributed by atoms with Crippen molar-refractivity contribution >= 4 is 10.8 Å². The molecule has 0 spiro atoms. The molecule has 23 heavy (non-hydrogen) atoms. The number of hydrogen-bond donors (Lipinski definition) is 0. The van der Waals surface area contributed by atoms with Gasteiger partial charge in [-0.05, 0) is 48.9 Å². The van der Waals surface area contributed by atoms with Crippen LogP contribution < -0.4 is 9.47 Å². The molecule has 0 saturated carbocycles. The van der Waals surface area contributed by atoms with E-state index in [1.54, 1.807) is 0 Å². The number of hydrogen-bond acceptors (Lipinski definition) is 2. The highest BCUT2D eigenvalue weighted by Gasteiger charge is 2.07. The number of fused-ring (bicyclic) bond motifs is 1. The second-order valence-electron chi connectivity index (χ2n) is 6.21. The van der Waals surface area contributed by atoms with Gasteiger partial charge in [0.05, 0.1) is 13.2 Å². The molecule has 2 heteroatoms. The fraction of sp³-hybridized carbons (Fsp3) is 0.524. The van der Waals surface area contributed by atoms with E-state index in [4.69, 9.17) is 9.47 Å². The van der Waals surface area contributed by atoms with Crippen LogP contribution in [-0.2, 0) is 0 Å². The third kappa shape index (κ3) is 5.16. The Labute approximate surface area is 140 Å². The van der Waals surface area contributed by atoms with E-state index in [-0.39, 0.29) is 0 Å². The van der Waals surface area contributed by atoms with E-state index in [9.17, 15) is 0 Å². The second kappa shape index (κ2) is 9.44. The van der Waals surface area contributed by atoms with E-state index >= 15 is 0 Å². The third-order valence-corrected chi connectivity index (χ3v) is 4.15. The summed E-state index contributed by atoms with van der Waals surface area (Å²) in [6, 6.07) is 10.6. The number of ether oxygens (including phenoxy) is 2. The van der Waals surface area contributed by atoms with Gasteiger partial charge in [0, 0.05) is 5.39 Å². The monoisotopic (exact) mass is 314 g/mol. The van der Waals surface area contributed by atoms with E-state index in [1.807, 2.05) is 0 Å². The van der Waals surface area contributed by atoms with Crippen molar-refractivity contribution < 1.29 is 9.47 Å². The van der Waals surface area contributed by atoms with Crippen molar-refractivity contribution in [1.29, 1.82) is 0 Å². The van der Waals surface area contributed by atoms with Gasteiger partial charge in [0.1, 0.15) is 11.5 Å². The van der Waals surface area contributed by atoms with Crippen molar-refractivity contribution in [3.8, 4) is 11.5 Å². The number of unbranched alkanes of at least 4 members (excludes halogenated alkanes) is 4. The molecule has 0 aliphatic rings. The Morgan fingerprint density at radius 1 is 0.783 bits per heavy atom. The summed E-state index contributed by atoms with van der Waals surface area (Å²) < 4.78 is 11.9. The molecule has 0 saturated heterocycles. The summed E-state index contributed by atoms with van der Waals surface area (Å²) in [5.41, 5.74) is 1.20. The first-order chi connectivity index (χ1) is 11.3. The van der Waals surface area contributed by atoms with Crippen molar-refractivity contribution in [2.75, 3.05) is 13.2 Å². The summed E-state index contributed by atoms with van der Waals surface area (Å²) in [4.78, 5) is 0. The minimum atomic E-state index is 0.795. The summed E-state index contributed by atoms with van der Waals surface area (Å²) >= 11 is 0. The highest BCUT2D eigenvalue weighted by molar-refractivity contribution is 5.90. The number of aryl methyl sites for hydroxylation is 1. The Morgan fingerprint density at radius 2 is 1.48 bits per heavy atom. The molecule has 0 radical (unpaired) electrons. The predicted molar refractivity (Wildman–Crippen MR) is 98.7 cm³/mol. The van der Waals surface area contributed by atoms with E-state index in [0.29, 0.717) is 0 Å². The van der Waals surface area contributed by atoms with Gasteiger partial charge in [-0.3, -0.25) is 0 Å². The quantitative estimate of drug-likeness (QED) is 0.480. The molecule has 0 atom stereocenters. The normalized spacial score (nSPS) is 10.9. The van der Waals surface area contributed by atoms with Crippen molar-refractivity contribution in [2.24, 2.45) is 0 Å². The lowest BCUT2D eigenvalue weighted by atomic mass is 10.1. The minimum Gasteiger partial charge on any atom is -0.494 e. The summed E-state index contributed by atoms with van der Waals surface area (Å²) in [6.45, 7) is 8.13. The Hall–Kier alpha value is -1.70. The van der Waals surface area contributed by atoms with Crippen LogP contribution in [0.15, 0.2) is 30.3 Å². The standard InChI is InChI=1S/C21H30O2/c1-4-6-8-14-22-19-12-13-20-18(16-19)11-10-17(3)21(20)23-15-9-7-5-2/h10-13,16H,4-9,14-15H2,1-3H3. The van der Waals surface area contributed by atoms with Crippen LogP contribution in [0.4, 0.5) is 0 Å². The summed E-state index contributed by atoms with van der Waals surface area (Å²) in [6.07, 6.45) is 7.12. The van der Waals surface area contributed by atoms with Gasteiger partial charge in [0.15, 0.2) is 0 Å². The van der Waals surface area contributed by atoms with Crippen molar-refractivity contribution in [2.45, 2.75) is 59.3 Å². The lowest BCUT2D eigenvalue weighted by Gasteiger charge is -2.13. The molecular formula is C21H30O2. The highest BCUT2D eigenvalue weighted by Crippen LogP contribution is 2.32. The van der Waals surface area contributed by atoms with Gasteiger partial charge in [0.2, 0.25) is 0 Å². The molecule has 2 nitrogen and oxygen atoms in total. The van der Waals surface area contributed by atoms with Gasteiger partial charge < -0.3 is 9.47 Å². The molecule has 0 heterocycles. The molecule has 2 rings (SSSR count). The zero-order chi connectivity index (χ0) is 16.5. The van der Waals surface area contributed by atoms with E-state index in [2.05, 4.69) is 51.1 Å². The van der Waals surface area contributed by atoms with Crippen LogP contribution in [0.3, 0.4) is 0 Å². The molecule has 0 bridgehead atoms. The maximum Gasteiger partial charge on any atom is 0.130 e. The second-order valence-corrected chi connectivity index (χ2v) is 6.21. The fourth-order valence-corrected chi connectivity index (χ4v) is 2.74. The van der Waals surface area contributed by atoms with Crippen LogP contribution in [0.5, 0.6) is 11.5 Å². The molecule has 126 valence electrons. The highest BCUT2D eigenvalue weighted by atomic mass is 16.5. The third-order valence-electron chi connectivity index (χ3n) is 4.15. The Morgan fingerprint density at radius 3 is 2.17 bits per heavy atom. The van der Waals surface area contributed by atoms with Crippen LogP contribution in [0.1, 0.15) is 57.9 Å². The molecule has 0 aromatic heterocycles. The van der Waals surface area contributed by atoms with Gasteiger partial charge in [-0.2, -0.15) is 0 Å². The van der Waals surface area contributed by atoms with Gasteiger partial charge in [-0.25, -0.2) is 0 Å². The molecule has 0 aliphatic carbocycles. The number of rotatable bonds is 10. The molecular weight excluding hydrogens is 284 g/mol. The first-order valence-electron chi connectivity index (χ1n) is 9.05. The maximum atomic E-state index is 6.06. The van der Waals surface area contributed by atoms with Gasteiger partial charge in [-0.15, -0.1) is 0 Å². The topological polar surface area (TPSA) is 18.5 Å². The SMILES string of the molecule is CCCCCOc1ccc2c(OCCCCC)c(C)ccc2c1. The average molecular weight is 314 g/mol. The molecule has 2 aromatic rings. The largest absolute Gasteiger partial charge is 0.494 e.